The molecule has 106 valence electrons. The van der Waals surface area contributed by atoms with E-state index in [1.165, 1.54) is 6.07 Å². The lowest BCUT2D eigenvalue weighted by Gasteiger charge is -2.09. The van der Waals surface area contributed by atoms with Gasteiger partial charge in [0.2, 0.25) is 11.9 Å². The van der Waals surface area contributed by atoms with Crippen molar-refractivity contribution in [3.8, 4) is 6.01 Å². The van der Waals surface area contributed by atoms with Gasteiger partial charge in [0.25, 0.3) is 0 Å². The topological polar surface area (TPSA) is 98.0 Å². The number of halogens is 1. The monoisotopic (exact) mass is 278 g/mol. The molecule has 20 heavy (non-hydrogen) atoms. The smallest absolute Gasteiger partial charge is 0.323 e. The summed E-state index contributed by atoms with van der Waals surface area (Å²) in [7, 11) is 0. The molecule has 0 bridgehead atoms. The van der Waals surface area contributed by atoms with E-state index in [9.17, 15) is 4.39 Å². The number of nitrogen functional groups attached to an aromatic ring is 1. The van der Waals surface area contributed by atoms with Crippen LogP contribution in [0.3, 0.4) is 0 Å². The highest BCUT2D eigenvalue weighted by Gasteiger charge is 2.07. The second kappa shape index (κ2) is 6.11. The first-order valence-corrected chi connectivity index (χ1v) is 6.01. The van der Waals surface area contributed by atoms with Gasteiger partial charge in [0, 0.05) is 5.69 Å². The number of rotatable bonds is 5. The standard InChI is InChI=1S/C12H15FN6O/c1-3-20-12-17-10(16-11(18-12)19-14)15-8-5-4-7(2)9(13)6-8/h4-6H,3,14H2,1-2H3,(H2,15,16,17,18,19). The summed E-state index contributed by atoms with van der Waals surface area (Å²) in [4.78, 5) is 12.0. The van der Waals surface area contributed by atoms with Crippen molar-refractivity contribution < 1.29 is 9.13 Å². The molecule has 2 aromatic rings. The van der Waals surface area contributed by atoms with E-state index in [4.69, 9.17) is 10.6 Å². The van der Waals surface area contributed by atoms with Crippen molar-refractivity contribution in [2.45, 2.75) is 13.8 Å². The highest BCUT2D eigenvalue weighted by molar-refractivity contribution is 5.55. The number of hydrogen-bond donors (Lipinski definition) is 3. The summed E-state index contributed by atoms with van der Waals surface area (Å²) < 4.78 is 18.7. The summed E-state index contributed by atoms with van der Waals surface area (Å²) in [6.45, 7) is 3.90. The van der Waals surface area contributed by atoms with Gasteiger partial charge in [-0.15, -0.1) is 0 Å². The van der Waals surface area contributed by atoms with E-state index in [0.29, 0.717) is 17.9 Å². The molecule has 1 heterocycles. The first-order valence-electron chi connectivity index (χ1n) is 6.01. The summed E-state index contributed by atoms with van der Waals surface area (Å²) in [5.74, 6) is 5.32. The molecular weight excluding hydrogens is 263 g/mol. The number of hydrogen-bond acceptors (Lipinski definition) is 7. The number of aromatic nitrogens is 3. The molecule has 0 fully saturated rings. The van der Waals surface area contributed by atoms with Gasteiger partial charge in [0.15, 0.2) is 0 Å². The van der Waals surface area contributed by atoms with E-state index in [2.05, 4.69) is 25.7 Å². The Hall–Kier alpha value is -2.48. The zero-order valence-electron chi connectivity index (χ0n) is 11.1. The van der Waals surface area contributed by atoms with Crippen LogP contribution in [0.4, 0.5) is 22.0 Å². The van der Waals surface area contributed by atoms with Crippen LogP contribution in [-0.4, -0.2) is 21.6 Å². The Bertz CT molecular complexity index is 606. The van der Waals surface area contributed by atoms with Gasteiger partial charge in [-0.05, 0) is 31.5 Å². The van der Waals surface area contributed by atoms with Crippen LogP contribution in [0.25, 0.3) is 0 Å². The van der Waals surface area contributed by atoms with Gasteiger partial charge >= 0.3 is 6.01 Å². The third kappa shape index (κ3) is 3.29. The summed E-state index contributed by atoms with van der Waals surface area (Å²) in [5, 5.41) is 2.87. The van der Waals surface area contributed by atoms with Crippen molar-refractivity contribution in [1.29, 1.82) is 0 Å². The molecule has 0 saturated carbocycles. The Balaban J connectivity index is 2.27. The second-order valence-electron chi connectivity index (χ2n) is 3.93. The average Bonchev–Trinajstić information content (AvgIpc) is 2.43. The molecule has 0 aliphatic carbocycles. The first-order chi connectivity index (χ1) is 9.62. The maximum Gasteiger partial charge on any atom is 0.323 e. The van der Waals surface area contributed by atoms with Gasteiger partial charge < -0.3 is 10.1 Å². The summed E-state index contributed by atoms with van der Waals surface area (Å²) in [6.07, 6.45) is 0. The minimum Gasteiger partial charge on any atom is -0.464 e. The predicted octanol–water partition coefficient (Wildman–Crippen LogP) is 1.75. The Labute approximate surface area is 115 Å². The fourth-order valence-corrected chi connectivity index (χ4v) is 1.47. The van der Waals surface area contributed by atoms with E-state index < -0.39 is 0 Å². The predicted molar refractivity (Wildman–Crippen MR) is 73.2 cm³/mol. The van der Waals surface area contributed by atoms with E-state index in [-0.39, 0.29) is 23.7 Å². The number of benzene rings is 1. The fraction of sp³-hybridized carbons (Fsp3) is 0.250. The van der Waals surface area contributed by atoms with Crippen molar-refractivity contribution >= 4 is 17.6 Å². The van der Waals surface area contributed by atoms with Gasteiger partial charge in [-0.1, -0.05) is 6.07 Å². The maximum atomic E-state index is 13.5. The molecule has 0 saturated heterocycles. The second-order valence-corrected chi connectivity index (χ2v) is 3.93. The molecule has 0 atom stereocenters. The molecule has 0 aliphatic rings. The molecule has 0 unspecified atom stereocenters. The molecular formula is C12H15FN6O. The molecule has 4 N–H and O–H groups in total. The van der Waals surface area contributed by atoms with E-state index in [1.807, 2.05) is 6.92 Å². The Morgan fingerprint density at radius 3 is 2.65 bits per heavy atom. The van der Waals surface area contributed by atoms with Crippen molar-refractivity contribution in [2.75, 3.05) is 17.3 Å². The zero-order chi connectivity index (χ0) is 14.5. The Kier molecular flexibility index (Phi) is 4.26. The van der Waals surface area contributed by atoms with Crippen molar-refractivity contribution in [2.24, 2.45) is 5.84 Å². The lowest BCUT2D eigenvalue weighted by atomic mass is 10.2. The lowest BCUT2D eigenvalue weighted by Crippen LogP contribution is -2.13. The number of ether oxygens (including phenoxy) is 1. The van der Waals surface area contributed by atoms with Crippen LogP contribution in [0.2, 0.25) is 0 Å². The molecule has 8 heteroatoms. The van der Waals surface area contributed by atoms with E-state index in [1.54, 1.807) is 19.1 Å². The van der Waals surface area contributed by atoms with Crippen LogP contribution in [0.15, 0.2) is 18.2 Å². The molecule has 0 amide bonds. The summed E-state index contributed by atoms with van der Waals surface area (Å²) in [6, 6.07) is 4.86. The largest absolute Gasteiger partial charge is 0.464 e. The average molecular weight is 278 g/mol. The molecule has 7 nitrogen and oxygen atoms in total. The van der Waals surface area contributed by atoms with Gasteiger partial charge in [0.1, 0.15) is 5.82 Å². The molecule has 1 aromatic carbocycles. The summed E-state index contributed by atoms with van der Waals surface area (Å²) >= 11 is 0. The molecule has 0 radical (unpaired) electrons. The minimum atomic E-state index is -0.314. The van der Waals surface area contributed by atoms with Crippen LogP contribution >= 0.6 is 0 Å². The molecule has 0 spiro atoms. The number of hydrazine groups is 1. The number of nitrogens with zero attached hydrogens (tertiary/aromatic N) is 3. The zero-order valence-corrected chi connectivity index (χ0v) is 11.1. The number of anilines is 3. The molecule has 2 rings (SSSR count). The number of nitrogens with one attached hydrogen (secondary N) is 2. The fourth-order valence-electron chi connectivity index (χ4n) is 1.47. The minimum absolute atomic E-state index is 0.130. The van der Waals surface area contributed by atoms with Gasteiger partial charge in [0.05, 0.1) is 6.61 Å². The van der Waals surface area contributed by atoms with Gasteiger partial charge in [-0.3, -0.25) is 5.43 Å². The highest BCUT2D eigenvalue weighted by atomic mass is 19.1. The maximum absolute atomic E-state index is 13.5. The number of aryl methyl sites for hydroxylation is 1. The molecule has 0 aliphatic heterocycles. The van der Waals surface area contributed by atoms with Crippen LogP contribution in [0.5, 0.6) is 6.01 Å². The van der Waals surface area contributed by atoms with Crippen LogP contribution in [-0.2, 0) is 0 Å². The quantitative estimate of drug-likeness (QED) is 0.566. The number of nitrogens with two attached hydrogens (primary N) is 1. The highest BCUT2D eigenvalue weighted by Crippen LogP contribution is 2.18. The normalized spacial score (nSPS) is 10.2. The first kappa shape index (κ1) is 13.9. The third-order valence-electron chi connectivity index (χ3n) is 2.45. The Morgan fingerprint density at radius 1 is 1.25 bits per heavy atom. The van der Waals surface area contributed by atoms with Crippen molar-refractivity contribution in [3.63, 3.8) is 0 Å². The lowest BCUT2D eigenvalue weighted by molar-refractivity contribution is 0.312. The van der Waals surface area contributed by atoms with Crippen molar-refractivity contribution in [1.82, 2.24) is 15.0 Å². The van der Waals surface area contributed by atoms with E-state index in [0.717, 1.165) is 0 Å². The van der Waals surface area contributed by atoms with Crippen LogP contribution in [0.1, 0.15) is 12.5 Å². The van der Waals surface area contributed by atoms with Crippen LogP contribution in [0, 0.1) is 12.7 Å². The van der Waals surface area contributed by atoms with Gasteiger partial charge in [-0.2, -0.15) is 15.0 Å². The molecule has 1 aromatic heterocycles. The van der Waals surface area contributed by atoms with Crippen LogP contribution < -0.4 is 21.3 Å². The third-order valence-corrected chi connectivity index (χ3v) is 2.45. The van der Waals surface area contributed by atoms with E-state index >= 15 is 0 Å². The summed E-state index contributed by atoms with van der Waals surface area (Å²) in [5.41, 5.74) is 3.40. The SMILES string of the molecule is CCOc1nc(NN)nc(Nc2ccc(C)c(F)c2)n1. The van der Waals surface area contributed by atoms with Gasteiger partial charge in [-0.25, -0.2) is 10.2 Å². The van der Waals surface area contributed by atoms with Crippen molar-refractivity contribution in [3.05, 3.63) is 29.6 Å². The Morgan fingerprint density at radius 2 is 2.00 bits per heavy atom.